The first kappa shape index (κ1) is 22.0. The van der Waals surface area contributed by atoms with Crippen molar-refractivity contribution in [2.75, 3.05) is 23.3 Å². The molecule has 32 heavy (non-hydrogen) atoms. The highest BCUT2D eigenvalue weighted by Crippen LogP contribution is 2.25. The highest BCUT2D eigenvalue weighted by atomic mass is 16.1. The number of hydrogen-bond donors (Lipinski definition) is 1. The Hall–Kier alpha value is -3.21. The SMILES string of the molecule is CC1CCN(c2ccc(-c3cccc(NC(=O)c4ccc(C(C)(C)C)cc4)c3)nn2)CC1. The maximum absolute atomic E-state index is 12.7. The molecule has 1 aromatic heterocycles. The lowest BCUT2D eigenvalue weighted by atomic mass is 9.87. The van der Waals surface area contributed by atoms with E-state index in [-0.39, 0.29) is 11.3 Å². The fourth-order valence-corrected chi connectivity index (χ4v) is 3.97. The van der Waals surface area contributed by atoms with Crippen molar-refractivity contribution in [2.45, 2.75) is 46.0 Å². The lowest BCUT2D eigenvalue weighted by Crippen LogP contribution is -2.33. The summed E-state index contributed by atoms with van der Waals surface area (Å²) in [6.45, 7) is 10.9. The number of piperidine rings is 1. The van der Waals surface area contributed by atoms with Crippen LogP contribution in [0.25, 0.3) is 11.3 Å². The smallest absolute Gasteiger partial charge is 0.255 e. The standard InChI is InChI=1S/C27H32N4O/c1-19-14-16-31(17-15-19)25-13-12-24(29-30-25)21-6-5-7-23(18-21)28-26(32)20-8-10-22(11-9-20)27(2,3)4/h5-13,18-19H,14-17H2,1-4H3,(H,28,32). The van der Waals surface area contributed by atoms with Crippen molar-refractivity contribution in [3.8, 4) is 11.3 Å². The van der Waals surface area contributed by atoms with Crippen LogP contribution >= 0.6 is 0 Å². The second-order valence-corrected chi connectivity index (χ2v) is 9.81. The van der Waals surface area contributed by atoms with Gasteiger partial charge >= 0.3 is 0 Å². The molecule has 0 atom stereocenters. The number of nitrogens with zero attached hydrogens (tertiary/aromatic N) is 3. The van der Waals surface area contributed by atoms with Crippen LogP contribution in [0.4, 0.5) is 11.5 Å². The van der Waals surface area contributed by atoms with Gasteiger partial charge in [-0.1, -0.05) is 52.0 Å². The summed E-state index contributed by atoms with van der Waals surface area (Å²) in [7, 11) is 0. The average Bonchev–Trinajstić information content (AvgIpc) is 2.79. The van der Waals surface area contributed by atoms with Crippen LogP contribution in [0, 0.1) is 5.92 Å². The Morgan fingerprint density at radius 2 is 1.69 bits per heavy atom. The molecule has 0 saturated carbocycles. The lowest BCUT2D eigenvalue weighted by molar-refractivity contribution is 0.102. The van der Waals surface area contributed by atoms with Crippen LogP contribution in [0.2, 0.25) is 0 Å². The van der Waals surface area contributed by atoms with Gasteiger partial charge in [0, 0.05) is 29.9 Å². The molecule has 4 rings (SSSR count). The monoisotopic (exact) mass is 428 g/mol. The van der Waals surface area contributed by atoms with Gasteiger partial charge in [-0.3, -0.25) is 4.79 Å². The molecule has 0 radical (unpaired) electrons. The molecule has 1 saturated heterocycles. The van der Waals surface area contributed by atoms with Gasteiger partial charge in [0.05, 0.1) is 5.69 Å². The number of amides is 1. The summed E-state index contributed by atoms with van der Waals surface area (Å²) in [5.74, 6) is 1.60. The highest BCUT2D eigenvalue weighted by Gasteiger charge is 2.18. The molecule has 0 bridgehead atoms. The number of benzene rings is 2. The normalized spacial score (nSPS) is 14.9. The molecule has 2 aromatic carbocycles. The number of carbonyl (C=O) groups is 1. The predicted octanol–water partition coefficient (Wildman–Crippen LogP) is 5.93. The summed E-state index contributed by atoms with van der Waals surface area (Å²) in [5.41, 5.74) is 4.37. The van der Waals surface area contributed by atoms with Crippen molar-refractivity contribution < 1.29 is 4.79 Å². The summed E-state index contributed by atoms with van der Waals surface area (Å²) >= 11 is 0. The largest absolute Gasteiger partial charge is 0.355 e. The van der Waals surface area contributed by atoms with Crippen molar-refractivity contribution in [3.63, 3.8) is 0 Å². The van der Waals surface area contributed by atoms with Crippen molar-refractivity contribution in [1.29, 1.82) is 0 Å². The molecule has 1 aliphatic heterocycles. The van der Waals surface area contributed by atoms with Crippen molar-refractivity contribution in [1.82, 2.24) is 10.2 Å². The Kier molecular flexibility index (Phi) is 6.26. The fraction of sp³-hybridized carbons (Fsp3) is 0.370. The second-order valence-electron chi connectivity index (χ2n) is 9.81. The molecule has 166 valence electrons. The Balaban J connectivity index is 1.45. The van der Waals surface area contributed by atoms with E-state index in [1.165, 1.54) is 18.4 Å². The summed E-state index contributed by atoms with van der Waals surface area (Å²) < 4.78 is 0. The Bertz CT molecular complexity index is 1060. The van der Waals surface area contributed by atoms with E-state index in [1.807, 2.05) is 60.7 Å². The lowest BCUT2D eigenvalue weighted by Gasteiger charge is -2.30. The topological polar surface area (TPSA) is 58.1 Å². The maximum Gasteiger partial charge on any atom is 0.255 e. The molecule has 1 amide bonds. The molecule has 0 aliphatic carbocycles. The minimum absolute atomic E-state index is 0.0619. The van der Waals surface area contributed by atoms with Crippen molar-refractivity contribution in [2.24, 2.45) is 5.92 Å². The first-order valence-electron chi connectivity index (χ1n) is 11.4. The zero-order chi connectivity index (χ0) is 22.7. The van der Waals surface area contributed by atoms with Crippen LogP contribution in [-0.4, -0.2) is 29.2 Å². The van der Waals surface area contributed by atoms with E-state index in [0.29, 0.717) is 5.56 Å². The summed E-state index contributed by atoms with van der Waals surface area (Å²) in [6.07, 6.45) is 2.40. The van der Waals surface area contributed by atoms with E-state index < -0.39 is 0 Å². The summed E-state index contributed by atoms with van der Waals surface area (Å²) in [6, 6.07) is 19.6. The molecule has 0 spiro atoms. The quantitative estimate of drug-likeness (QED) is 0.559. The van der Waals surface area contributed by atoms with Crippen LogP contribution in [0.3, 0.4) is 0 Å². The second kappa shape index (κ2) is 9.11. The van der Waals surface area contributed by atoms with E-state index in [1.54, 1.807) is 0 Å². The molecule has 2 heterocycles. The van der Waals surface area contributed by atoms with Crippen LogP contribution in [-0.2, 0) is 5.41 Å². The van der Waals surface area contributed by atoms with Crippen molar-refractivity contribution >= 4 is 17.4 Å². The Labute approximate surface area is 190 Å². The third-order valence-electron chi connectivity index (χ3n) is 6.19. The van der Waals surface area contributed by atoms with Gasteiger partial charge in [-0.2, -0.15) is 0 Å². The van der Waals surface area contributed by atoms with E-state index in [0.717, 1.165) is 41.8 Å². The van der Waals surface area contributed by atoms with E-state index in [9.17, 15) is 4.79 Å². The number of carbonyl (C=O) groups excluding carboxylic acids is 1. The zero-order valence-corrected chi connectivity index (χ0v) is 19.4. The maximum atomic E-state index is 12.7. The van der Waals surface area contributed by atoms with E-state index in [4.69, 9.17) is 0 Å². The molecular weight excluding hydrogens is 396 g/mol. The fourth-order valence-electron chi connectivity index (χ4n) is 3.97. The van der Waals surface area contributed by atoms with Gasteiger partial charge in [0.2, 0.25) is 0 Å². The van der Waals surface area contributed by atoms with Crippen LogP contribution in [0.5, 0.6) is 0 Å². The van der Waals surface area contributed by atoms with Gasteiger partial charge in [-0.15, -0.1) is 10.2 Å². The summed E-state index contributed by atoms with van der Waals surface area (Å²) in [5, 5.41) is 11.9. The minimum atomic E-state index is -0.122. The Morgan fingerprint density at radius 1 is 0.969 bits per heavy atom. The first-order chi connectivity index (χ1) is 15.3. The molecule has 1 N–H and O–H groups in total. The van der Waals surface area contributed by atoms with E-state index >= 15 is 0 Å². The number of hydrogen-bond acceptors (Lipinski definition) is 4. The van der Waals surface area contributed by atoms with Crippen molar-refractivity contribution in [3.05, 3.63) is 71.8 Å². The third-order valence-corrected chi connectivity index (χ3v) is 6.19. The van der Waals surface area contributed by atoms with Crippen LogP contribution in [0.15, 0.2) is 60.7 Å². The first-order valence-corrected chi connectivity index (χ1v) is 11.4. The third kappa shape index (κ3) is 5.16. The predicted molar refractivity (Wildman–Crippen MR) is 131 cm³/mol. The number of nitrogens with one attached hydrogen (secondary N) is 1. The molecular formula is C27H32N4O. The van der Waals surface area contributed by atoms with Gasteiger partial charge < -0.3 is 10.2 Å². The van der Waals surface area contributed by atoms with Crippen LogP contribution < -0.4 is 10.2 Å². The number of rotatable bonds is 4. The summed E-state index contributed by atoms with van der Waals surface area (Å²) in [4.78, 5) is 15.0. The van der Waals surface area contributed by atoms with Gasteiger partial charge in [-0.05, 0) is 66.1 Å². The molecule has 3 aromatic rings. The Morgan fingerprint density at radius 3 is 2.31 bits per heavy atom. The van der Waals surface area contributed by atoms with E-state index in [2.05, 4.69) is 48.1 Å². The van der Waals surface area contributed by atoms with Gasteiger partial charge in [0.1, 0.15) is 0 Å². The van der Waals surface area contributed by atoms with Crippen LogP contribution in [0.1, 0.15) is 56.5 Å². The van der Waals surface area contributed by atoms with Gasteiger partial charge in [0.15, 0.2) is 5.82 Å². The van der Waals surface area contributed by atoms with Gasteiger partial charge in [0.25, 0.3) is 5.91 Å². The average molecular weight is 429 g/mol. The molecule has 5 nitrogen and oxygen atoms in total. The molecule has 0 unspecified atom stereocenters. The molecule has 1 fully saturated rings. The number of aromatic nitrogens is 2. The molecule has 1 aliphatic rings. The molecule has 5 heteroatoms. The highest BCUT2D eigenvalue weighted by molar-refractivity contribution is 6.04. The number of anilines is 2. The minimum Gasteiger partial charge on any atom is -0.355 e. The zero-order valence-electron chi connectivity index (χ0n) is 19.4. The van der Waals surface area contributed by atoms with Gasteiger partial charge in [-0.25, -0.2) is 0 Å².